The average Bonchev–Trinajstić information content (AvgIpc) is 2.03. The van der Waals surface area contributed by atoms with E-state index < -0.39 is 29.9 Å². The molecule has 0 heterocycles. The Hall–Kier alpha value is -1.40. The molecule has 1 N–H and O–H groups in total. The molecule has 0 aromatic carbocycles. The minimum Gasteiger partial charge on any atom is -0.508 e. The van der Waals surface area contributed by atoms with Gasteiger partial charge in [-0.15, -0.1) is 0 Å². The van der Waals surface area contributed by atoms with E-state index in [2.05, 4.69) is 0 Å². The van der Waals surface area contributed by atoms with E-state index in [4.69, 9.17) is 5.11 Å². The molecule has 0 aromatic heterocycles. The van der Waals surface area contributed by atoms with Gasteiger partial charge in [-0.3, -0.25) is 0 Å². The van der Waals surface area contributed by atoms with Crippen LogP contribution in [-0.2, 0) is 0 Å². The Kier molecular flexibility index (Phi) is 3.07. The van der Waals surface area contributed by atoms with Crippen LogP contribution in [0.4, 0.5) is 26.3 Å². The third kappa shape index (κ3) is 2.80. The molecule has 0 saturated heterocycles. The predicted octanol–water partition coefficient (Wildman–Crippen LogP) is 3.81. The molecular formula is C9H6F6O. The number of aliphatic hydroxyl groups excluding tert-OH is 1. The number of halogens is 6. The van der Waals surface area contributed by atoms with Gasteiger partial charge in [0.05, 0.1) is 0 Å². The lowest BCUT2D eigenvalue weighted by Gasteiger charge is -2.19. The summed E-state index contributed by atoms with van der Waals surface area (Å²) in [6.07, 6.45) is -9.23. The molecule has 0 spiro atoms. The van der Waals surface area contributed by atoms with Crippen molar-refractivity contribution in [2.75, 3.05) is 0 Å². The van der Waals surface area contributed by atoms with Gasteiger partial charge < -0.3 is 5.11 Å². The second-order valence-corrected chi connectivity index (χ2v) is 3.06. The summed E-state index contributed by atoms with van der Waals surface area (Å²) in [7, 11) is 0. The smallest absolute Gasteiger partial charge is 0.421 e. The predicted molar refractivity (Wildman–Crippen MR) is 43.6 cm³/mol. The van der Waals surface area contributed by atoms with Gasteiger partial charge in [-0.2, -0.15) is 26.3 Å². The molecule has 0 saturated carbocycles. The van der Waals surface area contributed by atoms with Gasteiger partial charge in [0.1, 0.15) is 11.3 Å². The van der Waals surface area contributed by atoms with E-state index in [1.807, 2.05) is 0 Å². The zero-order chi connectivity index (χ0) is 12.6. The van der Waals surface area contributed by atoms with Crippen molar-refractivity contribution in [1.82, 2.24) is 0 Å². The highest BCUT2D eigenvalue weighted by Gasteiger charge is 2.52. The second kappa shape index (κ2) is 3.88. The van der Waals surface area contributed by atoms with Gasteiger partial charge in [0.2, 0.25) is 0 Å². The molecule has 0 aromatic rings. The SMILES string of the molecule is OC1=CCC(=C(C(F)(F)F)C(F)(F)F)C=C1. The molecule has 1 nitrogen and oxygen atoms in total. The van der Waals surface area contributed by atoms with Crippen LogP contribution < -0.4 is 0 Å². The number of alkyl halides is 6. The van der Waals surface area contributed by atoms with Crippen LogP contribution >= 0.6 is 0 Å². The first-order chi connectivity index (χ1) is 7.12. The third-order valence-corrected chi connectivity index (χ3v) is 1.87. The molecule has 16 heavy (non-hydrogen) atoms. The largest absolute Gasteiger partial charge is 0.508 e. The van der Waals surface area contributed by atoms with E-state index in [9.17, 15) is 26.3 Å². The summed E-state index contributed by atoms with van der Waals surface area (Å²) in [5.41, 5.74) is -3.43. The van der Waals surface area contributed by atoms with Crippen molar-refractivity contribution < 1.29 is 31.4 Å². The summed E-state index contributed by atoms with van der Waals surface area (Å²) in [4.78, 5) is 0. The van der Waals surface area contributed by atoms with E-state index in [0.29, 0.717) is 6.08 Å². The first-order valence-electron chi connectivity index (χ1n) is 4.07. The van der Waals surface area contributed by atoms with Crippen molar-refractivity contribution in [3.63, 3.8) is 0 Å². The minimum atomic E-state index is -5.46. The number of rotatable bonds is 0. The van der Waals surface area contributed by atoms with Gasteiger partial charge in [0.25, 0.3) is 0 Å². The van der Waals surface area contributed by atoms with E-state index >= 15 is 0 Å². The topological polar surface area (TPSA) is 20.2 Å². The first-order valence-corrected chi connectivity index (χ1v) is 4.07. The molecule has 1 rings (SSSR count). The Morgan fingerprint density at radius 1 is 1.00 bits per heavy atom. The van der Waals surface area contributed by atoms with Gasteiger partial charge >= 0.3 is 12.4 Å². The van der Waals surface area contributed by atoms with Crippen molar-refractivity contribution >= 4 is 0 Å². The lowest BCUT2D eigenvalue weighted by Crippen LogP contribution is -2.28. The molecule has 0 amide bonds. The van der Waals surface area contributed by atoms with Crippen LogP contribution in [0.2, 0.25) is 0 Å². The van der Waals surface area contributed by atoms with Crippen molar-refractivity contribution in [2.45, 2.75) is 18.8 Å². The molecule has 90 valence electrons. The van der Waals surface area contributed by atoms with Crippen molar-refractivity contribution in [3.8, 4) is 0 Å². The lowest BCUT2D eigenvalue weighted by molar-refractivity contribution is -0.172. The Morgan fingerprint density at radius 3 is 1.81 bits per heavy atom. The number of hydrogen-bond donors (Lipinski definition) is 1. The Labute approximate surface area is 86.4 Å². The van der Waals surface area contributed by atoms with E-state index in [1.54, 1.807) is 0 Å². The van der Waals surface area contributed by atoms with Gasteiger partial charge in [0, 0.05) is 0 Å². The molecule has 0 fully saturated rings. The molecular weight excluding hydrogens is 238 g/mol. The highest BCUT2D eigenvalue weighted by molar-refractivity contribution is 5.39. The van der Waals surface area contributed by atoms with Gasteiger partial charge in [0.15, 0.2) is 0 Å². The fraction of sp³-hybridized carbons (Fsp3) is 0.333. The highest BCUT2D eigenvalue weighted by atomic mass is 19.4. The standard InChI is InChI=1S/C9H6F6O/c10-8(11,12)7(9(13,14)15)5-1-3-6(16)4-2-5/h1,3-4,16H,2H2. The van der Waals surface area contributed by atoms with Gasteiger partial charge in [-0.05, 0) is 24.1 Å². The number of hydrogen-bond acceptors (Lipinski definition) is 1. The summed E-state index contributed by atoms with van der Waals surface area (Å²) >= 11 is 0. The van der Waals surface area contributed by atoms with Crippen LogP contribution in [0.5, 0.6) is 0 Å². The van der Waals surface area contributed by atoms with Crippen LogP contribution in [0.25, 0.3) is 0 Å². The molecule has 0 atom stereocenters. The summed E-state index contributed by atoms with van der Waals surface area (Å²) in [5.74, 6) is -0.354. The zero-order valence-electron chi connectivity index (χ0n) is 7.65. The Bertz CT molecular complexity index is 352. The van der Waals surface area contributed by atoms with E-state index in [-0.39, 0.29) is 5.76 Å². The molecule has 0 aliphatic heterocycles. The molecule has 1 aliphatic rings. The molecule has 0 bridgehead atoms. The molecule has 0 radical (unpaired) electrons. The minimum absolute atomic E-state index is 0.354. The molecule has 1 aliphatic carbocycles. The van der Waals surface area contributed by atoms with Crippen molar-refractivity contribution in [3.05, 3.63) is 35.1 Å². The normalized spacial score (nSPS) is 17.4. The lowest BCUT2D eigenvalue weighted by atomic mass is 10.00. The highest BCUT2D eigenvalue weighted by Crippen LogP contribution is 2.42. The maximum absolute atomic E-state index is 12.2. The quantitative estimate of drug-likeness (QED) is 0.642. The average molecular weight is 244 g/mol. The molecule has 7 heteroatoms. The number of aliphatic hydroxyl groups is 1. The Balaban J connectivity index is 3.23. The van der Waals surface area contributed by atoms with Crippen LogP contribution in [0.15, 0.2) is 35.1 Å². The van der Waals surface area contributed by atoms with Crippen LogP contribution in [-0.4, -0.2) is 17.5 Å². The summed E-state index contributed by atoms with van der Waals surface area (Å²) < 4.78 is 73.2. The zero-order valence-corrected chi connectivity index (χ0v) is 7.65. The monoisotopic (exact) mass is 244 g/mol. The maximum atomic E-state index is 12.2. The summed E-state index contributed by atoms with van der Waals surface area (Å²) in [6, 6.07) is 0. The Morgan fingerprint density at radius 2 is 1.50 bits per heavy atom. The van der Waals surface area contributed by atoms with E-state index in [0.717, 1.165) is 12.2 Å². The van der Waals surface area contributed by atoms with Gasteiger partial charge in [-0.25, -0.2) is 0 Å². The fourth-order valence-electron chi connectivity index (χ4n) is 1.25. The van der Waals surface area contributed by atoms with E-state index in [1.165, 1.54) is 0 Å². The van der Waals surface area contributed by atoms with Gasteiger partial charge in [-0.1, -0.05) is 6.08 Å². The van der Waals surface area contributed by atoms with Crippen LogP contribution in [0.3, 0.4) is 0 Å². The second-order valence-electron chi connectivity index (χ2n) is 3.06. The summed E-state index contributed by atoms with van der Waals surface area (Å²) in [6.45, 7) is 0. The maximum Gasteiger partial charge on any atom is 0.421 e. The van der Waals surface area contributed by atoms with Crippen molar-refractivity contribution in [1.29, 1.82) is 0 Å². The van der Waals surface area contributed by atoms with Crippen molar-refractivity contribution in [2.24, 2.45) is 0 Å². The molecule has 0 unspecified atom stereocenters. The van der Waals surface area contributed by atoms with Crippen LogP contribution in [0.1, 0.15) is 6.42 Å². The third-order valence-electron chi connectivity index (χ3n) is 1.87. The number of allylic oxidation sites excluding steroid dienone is 5. The fourth-order valence-corrected chi connectivity index (χ4v) is 1.25. The summed E-state index contributed by atoms with van der Waals surface area (Å²) in [5, 5.41) is 8.80. The first kappa shape index (κ1) is 12.7. The van der Waals surface area contributed by atoms with Crippen LogP contribution in [0, 0.1) is 0 Å².